The van der Waals surface area contributed by atoms with E-state index in [9.17, 15) is 4.79 Å². The molecule has 1 aliphatic carbocycles. The normalized spacial score (nSPS) is 16.3. The van der Waals surface area contributed by atoms with Crippen molar-refractivity contribution in [2.75, 3.05) is 20.2 Å². The molecule has 0 fully saturated rings. The van der Waals surface area contributed by atoms with Gasteiger partial charge in [-0.1, -0.05) is 6.07 Å². The summed E-state index contributed by atoms with van der Waals surface area (Å²) >= 11 is 1.58. The molecule has 0 saturated heterocycles. The summed E-state index contributed by atoms with van der Waals surface area (Å²) in [6.45, 7) is 1.27. The summed E-state index contributed by atoms with van der Waals surface area (Å²) in [5.74, 6) is 1.28. The molecule has 1 aromatic heterocycles. The van der Waals surface area contributed by atoms with Gasteiger partial charge < -0.3 is 15.4 Å². The smallest absolute Gasteiger partial charge is 0.314 e. The van der Waals surface area contributed by atoms with E-state index in [1.165, 1.54) is 11.1 Å². The van der Waals surface area contributed by atoms with Gasteiger partial charge in [0, 0.05) is 30.8 Å². The van der Waals surface area contributed by atoms with E-state index < -0.39 is 0 Å². The van der Waals surface area contributed by atoms with Crippen molar-refractivity contribution in [2.24, 2.45) is 0 Å². The van der Waals surface area contributed by atoms with E-state index >= 15 is 0 Å². The van der Waals surface area contributed by atoms with Gasteiger partial charge in [0.15, 0.2) is 0 Å². The van der Waals surface area contributed by atoms with Crippen LogP contribution in [0.2, 0.25) is 0 Å². The van der Waals surface area contributed by atoms with Crippen LogP contribution in [0.1, 0.15) is 35.6 Å². The third kappa shape index (κ3) is 4.26. The Labute approximate surface area is 146 Å². The Bertz CT molecular complexity index is 673. The molecular formula is C18H23N3O2S. The van der Waals surface area contributed by atoms with E-state index in [-0.39, 0.29) is 6.03 Å². The van der Waals surface area contributed by atoms with Crippen LogP contribution in [0.25, 0.3) is 0 Å². The molecular weight excluding hydrogens is 322 g/mol. The molecule has 0 radical (unpaired) electrons. The minimum absolute atomic E-state index is 0.106. The molecule has 5 nitrogen and oxygen atoms in total. The lowest BCUT2D eigenvalue weighted by Crippen LogP contribution is -2.39. The zero-order chi connectivity index (χ0) is 16.8. The number of aromatic nitrogens is 1. The van der Waals surface area contributed by atoms with Crippen LogP contribution in [0.4, 0.5) is 4.79 Å². The molecule has 1 aliphatic rings. The summed E-state index contributed by atoms with van der Waals surface area (Å²) < 4.78 is 5.30. The molecule has 128 valence electrons. The number of nitrogens with zero attached hydrogens (tertiary/aromatic N) is 1. The number of benzene rings is 1. The summed E-state index contributed by atoms with van der Waals surface area (Å²) in [5.41, 5.74) is 5.52. The lowest BCUT2D eigenvalue weighted by atomic mass is 9.82. The second-order valence-electron chi connectivity index (χ2n) is 6.02. The maximum Gasteiger partial charge on any atom is 0.314 e. The summed E-state index contributed by atoms with van der Waals surface area (Å²) in [6.07, 6.45) is 4.11. The number of nitrogens with one attached hydrogen (secondary N) is 2. The number of thiazole rings is 1. The first-order valence-corrected chi connectivity index (χ1v) is 9.26. The fourth-order valence-electron chi connectivity index (χ4n) is 3.17. The second-order valence-corrected chi connectivity index (χ2v) is 6.74. The van der Waals surface area contributed by atoms with Crippen LogP contribution in [0.15, 0.2) is 29.1 Å². The molecule has 24 heavy (non-hydrogen) atoms. The van der Waals surface area contributed by atoms with Crippen LogP contribution in [0, 0.1) is 0 Å². The number of hydrogen-bond acceptors (Lipinski definition) is 4. The Kier molecular flexibility index (Phi) is 5.69. The fraction of sp³-hybridized carbons (Fsp3) is 0.444. The maximum atomic E-state index is 12.0. The molecule has 1 atom stereocenters. The van der Waals surface area contributed by atoms with Crippen LogP contribution < -0.4 is 15.4 Å². The molecule has 2 amide bonds. The Balaban J connectivity index is 1.47. The van der Waals surface area contributed by atoms with Crippen molar-refractivity contribution in [2.45, 2.75) is 31.6 Å². The Morgan fingerprint density at radius 3 is 3.12 bits per heavy atom. The monoisotopic (exact) mass is 345 g/mol. The highest BCUT2D eigenvalue weighted by Gasteiger charge is 2.21. The molecule has 3 rings (SSSR count). The van der Waals surface area contributed by atoms with Gasteiger partial charge in [-0.25, -0.2) is 9.78 Å². The first-order valence-electron chi connectivity index (χ1n) is 8.32. The quantitative estimate of drug-likeness (QED) is 0.845. The Morgan fingerprint density at radius 1 is 1.42 bits per heavy atom. The van der Waals surface area contributed by atoms with Crippen molar-refractivity contribution in [3.05, 3.63) is 45.9 Å². The summed E-state index contributed by atoms with van der Waals surface area (Å²) in [6, 6.07) is 6.16. The summed E-state index contributed by atoms with van der Waals surface area (Å²) in [5, 5.41) is 7.91. The minimum atomic E-state index is -0.106. The Hall–Kier alpha value is -2.08. The van der Waals surface area contributed by atoms with E-state index in [0.717, 1.165) is 37.1 Å². The van der Waals surface area contributed by atoms with Crippen LogP contribution in [-0.4, -0.2) is 31.2 Å². The SMILES string of the molecule is COc1ccc2c(c1)CCC[C@@H]2CNC(=O)NCCc1cscn1. The number of amides is 2. The van der Waals surface area contributed by atoms with Crippen molar-refractivity contribution in [3.8, 4) is 5.75 Å². The molecule has 2 N–H and O–H groups in total. The van der Waals surface area contributed by atoms with Crippen LogP contribution in [0.5, 0.6) is 5.75 Å². The number of rotatable bonds is 6. The van der Waals surface area contributed by atoms with Gasteiger partial charge >= 0.3 is 6.03 Å². The van der Waals surface area contributed by atoms with E-state index in [2.05, 4.69) is 27.8 Å². The van der Waals surface area contributed by atoms with Crippen molar-refractivity contribution in [1.29, 1.82) is 0 Å². The molecule has 0 aliphatic heterocycles. The van der Waals surface area contributed by atoms with Gasteiger partial charge in [0.05, 0.1) is 18.3 Å². The lowest BCUT2D eigenvalue weighted by Gasteiger charge is -2.26. The minimum Gasteiger partial charge on any atom is -0.497 e. The van der Waals surface area contributed by atoms with Crippen molar-refractivity contribution in [1.82, 2.24) is 15.6 Å². The number of fused-ring (bicyclic) bond motifs is 1. The molecule has 1 aromatic carbocycles. The summed E-state index contributed by atoms with van der Waals surface area (Å²) in [7, 11) is 1.69. The first-order chi connectivity index (χ1) is 11.8. The van der Waals surface area contributed by atoms with Gasteiger partial charge in [-0.3, -0.25) is 0 Å². The molecule has 1 heterocycles. The third-order valence-corrected chi connectivity index (χ3v) is 5.08. The van der Waals surface area contributed by atoms with E-state index in [0.29, 0.717) is 19.0 Å². The van der Waals surface area contributed by atoms with Crippen LogP contribution in [0.3, 0.4) is 0 Å². The van der Waals surface area contributed by atoms with Crippen LogP contribution in [-0.2, 0) is 12.8 Å². The van der Waals surface area contributed by atoms with E-state index in [4.69, 9.17) is 4.74 Å². The number of carbonyl (C=O) groups excluding carboxylic acids is 1. The van der Waals surface area contributed by atoms with Crippen molar-refractivity contribution < 1.29 is 9.53 Å². The van der Waals surface area contributed by atoms with E-state index in [1.807, 2.05) is 17.0 Å². The highest BCUT2D eigenvalue weighted by molar-refractivity contribution is 7.07. The third-order valence-electron chi connectivity index (χ3n) is 4.45. The first kappa shape index (κ1) is 16.8. The number of urea groups is 1. The fourth-order valence-corrected chi connectivity index (χ4v) is 3.77. The number of methoxy groups -OCH3 is 1. The second kappa shape index (κ2) is 8.15. The highest BCUT2D eigenvalue weighted by Crippen LogP contribution is 2.33. The Morgan fingerprint density at radius 2 is 2.33 bits per heavy atom. The van der Waals surface area contributed by atoms with Gasteiger partial charge in [-0.15, -0.1) is 11.3 Å². The van der Waals surface area contributed by atoms with Crippen molar-refractivity contribution >= 4 is 17.4 Å². The number of hydrogen-bond donors (Lipinski definition) is 2. The lowest BCUT2D eigenvalue weighted by molar-refractivity contribution is 0.240. The van der Waals surface area contributed by atoms with Gasteiger partial charge in [0.1, 0.15) is 5.75 Å². The molecule has 2 aromatic rings. The predicted molar refractivity (Wildman–Crippen MR) is 95.9 cm³/mol. The molecule has 6 heteroatoms. The van der Waals surface area contributed by atoms with Gasteiger partial charge in [0.2, 0.25) is 0 Å². The molecule has 0 bridgehead atoms. The zero-order valence-corrected chi connectivity index (χ0v) is 14.7. The largest absolute Gasteiger partial charge is 0.497 e. The van der Waals surface area contributed by atoms with Gasteiger partial charge in [0.25, 0.3) is 0 Å². The number of carbonyl (C=O) groups is 1. The number of ether oxygens (including phenoxy) is 1. The standard InChI is InChI=1S/C18H23N3O2S/c1-23-16-5-6-17-13(9-16)3-2-4-14(17)10-20-18(22)19-8-7-15-11-24-12-21-15/h5-6,9,11-12,14H,2-4,7-8,10H2,1H3,(H2,19,20,22)/t14-/m1/s1. The molecule has 0 saturated carbocycles. The highest BCUT2D eigenvalue weighted by atomic mass is 32.1. The van der Waals surface area contributed by atoms with Crippen molar-refractivity contribution in [3.63, 3.8) is 0 Å². The summed E-state index contributed by atoms with van der Waals surface area (Å²) in [4.78, 5) is 16.2. The van der Waals surface area contributed by atoms with Gasteiger partial charge in [-0.2, -0.15) is 0 Å². The zero-order valence-electron chi connectivity index (χ0n) is 13.9. The number of aryl methyl sites for hydroxylation is 1. The topological polar surface area (TPSA) is 63.2 Å². The maximum absolute atomic E-state index is 12.0. The van der Waals surface area contributed by atoms with Gasteiger partial charge in [-0.05, 0) is 42.5 Å². The van der Waals surface area contributed by atoms with Crippen LogP contribution >= 0.6 is 11.3 Å². The average molecular weight is 345 g/mol. The predicted octanol–water partition coefficient (Wildman–Crippen LogP) is 3.11. The molecule has 0 spiro atoms. The average Bonchev–Trinajstić information content (AvgIpc) is 3.12. The van der Waals surface area contributed by atoms with E-state index in [1.54, 1.807) is 18.4 Å². The molecule has 0 unspecified atom stereocenters.